The Morgan fingerprint density at radius 3 is 2.38 bits per heavy atom. The van der Waals surface area contributed by atoms with Gasteiger partial charge in [0.05, 0.1) is 0 Å². The summed E-state index contributed by atoms with van der Waals surface area (Å²) in [7, 11) is 0. The number of nitrogens with two attached hydrogens (primary N) is 1. The molecule has 0 aromatic heterocycles. The van der Waals surface area contributed by atoms with Crippen LogP contribution in [0.3, 0.4) is 0 Å². The Bertz CT molecular complexity index is 392. The van der Waals surface area contributed by atoms with Crippen LogP contribution < -0.4 is 5.73 Å². The smallest absolute Gasteiger partial charge is 0.0150 e. The predicted octanol–water partition coefficient (Wildman–Crippen LogP) is 3.15. The van der Waals surface area contributed by atoms with Crippen LogP contribution in [-0.4, -0.2) is 6.04 Å². The average Bonchev–Trinajstić information content (AvgIpc) is 2.76. The van der Waals surface area contributed by atoms with Crippen LogP contribution >= 0.6 is 0 Å². The van der Waals surface area contributed by atoms with Gasteiger partial charge in [0.1, 0.15) is 0 Å². The van der Waals surface area contributed by atoms with Gasteiger partial charge in [-0.05, 0) is 43.2 Å². The van der Waals surface area contributed by atoms with Crippen LogP contribution in [-0.2, 0) is 5.41 Å². The minimum Gasteiger partial charge on any atom is -0.327 e. The van der Waals surface area contributed by atoms with Crippen LogP contribution in [0.5, 0.6) is 0 Å². The second-order valence-electron chi connectivity index (χ2n) is 5.65. The molecule has 2 atom stereocenters. The van der Waals surface area contributed by atoms with Gasteiger partial charge in [-0.25, -0.2) is 0 Å². The molecule has 0 aliphatic heterocycles. The van der Waals surface area contributed by atoms with E-state index in [1.165, 1.54) is 43.2 Å². The minimum absolute atomic E-state index is 0.349. The summed E-state index contributed by atoms with van der Waals surface area (Å²) in [4.78, 5) is 0. The van der Waals surface area contributed by atoms with Gasteiger partial charge < -0.3 is 5.73 Å². The highest BCUT2D eigenvalue weighted by atomic mass is 14.8. The maximum atomic E-state index is 6.28. The van der Waals surface area contributed by atoms with E-state index in [9.17, 15) is 0 Å². The summed E-state index contributed by atoms with van der Waals surface area (Å²) in [5, 5.41) is 0. The topological polar surface area (TPSA) is 26.0 Å². The Labute approximate surface area is 98.0 Å². The molecule has 1 aromatic rings. The van der Waals surface area contributed by atoms with Crippen molar-refractivity contribution in [1.29, 1.82) is 0 Å². The number of rotatable bonds is 2. The van der Waals surface area contributed by atoms with Crippen molar-refractivity contribution < 1.29 is 0 Å². The maximum Gasteiger partial charge on any atom is 0.0150 e. The molecule has 0 radical (unpaired) electrons. The van der Waals surface area contributed by atoms with E-state index in [-0.39, 0.29) is 0 Å². The summed E-state index contributed by atoms with van der Waals surface area (Å²) in [5.74, 6) is 0.851. The Balaban J connectivity index is 1.99. The third-order valence-corrected chi connectivity index (χ3v) is 4.79. The standard InChI is InChI=1S/C15H21N/c1-11-6-2-5-9-13(11)15(10-14(15)16)12-7-3-4-8-12/h2,5-6,9,12,14H,3-4,7-8,10,16H2,1H3/t14-,15?/m1/s1. The lowest BCUT2D eigenvalue weighted by atomic mass is 9.79. The maximum absolute atomic E-state index is 6.28. The molecule has 1 unspecified atom stereocenters. The van der Waals surface area contributed by atoms with Crippen molar-refractivity contribution in [2.75, 3.05) is 0 Å². The van der Waals surface area contributed by atoms with E-state index >= 15 is 0 Å². The number of hydrogen-bond donors (Lipinski definition) is 1. The van der Waals surface area contributed by atoms with Crippen LogP contribution in [0.25, 0.3) is 0 Å². The van der Waals surface area contributed by atoms with Crippen molar-refractivity contribution in [3.05, 3.63) is 35.4 Å². The molecular weight excluding hydrogens is 194 g/mol. The highest BCUT2D eigenvalue weighted by Crippen LogP contribution is 2.58. The van der Waals surface area contributed by atoms with E-state index in [4.69, 9.17) is 5.73 Å². The largest absolute Gasteiger partial charge is 0.327 e. The van der Waals surface area contributed by atoms with Crippen molar-refractivity contribution in [2.45, 2.75) is 50.5 Å². The van der Waals surface area contributed by atoms with Crippen molar-refractivity contribution in [1.82, 2.24) is 0 Å². The summed E-state index contributed by atoms with van der Waals surface area (Å²) >= 11 is 0. The van der Waals surface area contributed by atoms with Gasteiger partial charge in [0.2, 0.25) is 0 Å². The van der Waals surface area contributed by atoms with Crippen LogP contribution in [0.2, 0.25) is 0 Å². The normalized spacial score (nSPS) is 34.2. The average molecular weight is 215 g/mol. The van der Waals surface area contributed by atoms with Crippen molar-refractivity contribution in [3.63, 3.8) is 0 Å². The van der Waals surface area contributed by atoms with E-state index in [0.717, 1.165) is 5.92 Å². The number of aryl methyl sites for hydroxylation is 1. The molecule has 2 saturated carbocycles. The molecule has 3 rings (SSSR count). The first kappa shape index (κ1) is 10.3. The van der Waals surface area contributed by atoms with E-state index < -0.39 is 0 Å². The van der Waals surface area contributed by atoms with E-state index in [2.05, 4.69) is 31.2 Å². The first-order chi connectivity index (χ1) is 7.75. The van der Waals surface area contributed by atoms with Gasteiger partial charge in [-0.2, -0.15) is 0 Å². The van der Waals surface area contributed by atoms with E-state index in [0.29, 0.717) is 11.5 Å². The third-order valence-electron chi connectivity index (χ3n) is 4.79. The number of hydrogen-bond acceptors (Lipinski definition) is 1. The van der Waals surface area contributed by atoms with Crippen LogP contribution in [0, 0.1) is 12.8 Å². The molecule has 2 N–H and O–H groups in total. The summed E-state index contributed by atoms with van der Waals surface area (Å²) in [6.07, 6.45) is 6.81. The van der Waals surface area contributed by atoms with Crippen LogP contribution in [0.4, 0.5) is 0 Å². The zero-order valence-corrected chi connectivity index (χ0v) is 10.1. The first-order valence-corrected chi connectivity index (χ1v) is 6.57. The molecule has 0 heterocycles. The lowest BCUT2D eigenvalue weighted by Crippen LogP contribution is -2.27. The third kappa shape index (κ3) is 1.34. The van der Waals surface area contributed by atoms with Crippen LogP contribution in [0.15, 0.2) is 24.3 Å². The lowest BCUT2D eigenvalue weighted by Gasteiger charge is -2.26. The van der Waals surface area contributed by atoms with Gasteiger partial charge in [0.25, 0.3) is 0 Å². The van der Waals surface area contributed by atoms with Gasteiger partial charge >= 0.3 is 0 Å². The van der Waals surface area contributed by atoms with Gasteiger partial charge in [-0.1, -0.05) is 37.1 Å². The molecular formula is C15H21N. The lowest BCUT2D eigenvalue weighted by molar-refractivity contribution is 0.403. The molecule has 1 nitrogen and oxygen atoms in total. The van der Waals surface area contributed by atoms with E-state index in [1.54, 1.807) is 0 Å². The molecule has 86 valence electrons. The first-order valence-electron chi connectivity index (χ1n) is 6.57. The fraction of sp³-hybridized carbons (Fsp3) is 0.600. The Hall–Kier alpha value is -0.820. The van der Waals surface area contributed by atoms with Gasteiger partial charge in [0.15, 0.2) is 0 Å². The fourth-order valence-electron chi connectivity index (χ4n) is 3.84. The summed E-state index contributed by atoms with van der Waals surface area (Å²) in [6.45, 7) is 2.23. The molecule has 0 spiro atoms. The highest BCUT2D eigenvalue weighted by Gasteiger charge is 2.58. The van der Waals surface area contributed by atoms with Gasteiger partial charge in [-0.15, -0.1) is 0 Å². The zero-order valence-electron chi connectivity index (χ0n) is 10.1. The van der Waals surface area contributed by atoms with Crippen LogP contribution in [0.1, 0.15) is 43.2 Å². The predicted molar refractivity (Wildman–Crippen MR) is 67.4 cm³/mol. The Kier molecular flexibility index (Phi) is 2.32. The van der Waals surface area contributed by atoms with Crippen molar-refractivity contribution in [3.8, 4) is 0 Å². The highest BCUT2D eigenvalue weighted by molar-refractivity contribution is 5.42. The quantitative estimate of drug-likeness (QED) is 0.805. The molecule has 16 heavy (non-hydrogen) atoms. The molecule has 1 aromatic carbocycles. The molecule has 0 saturated heterocycles. The second kappa shape index (κ2) is 3.59. The minimum atomic E-state index is 0.349. The summed E-state index contributed by atoms with van der Waals surface area (Å²) < 4.78 is 0. The zero-order chi connectivity index (χ0) is 11.2. The van der Waals surface area contributed by atoms with Crippen molar-refractivity contribution in [2.24, 2.45) is 11.7 Å². The molecule has 2 aliphatic rings. The Morgan fingerprint density at radius 2 is 1.81 bits per heavy atom. The van der Waals surface area contributed by atoms with Gasteiger partial charge in [0, 0.05) is 11.5 Å². The molecule has 0 bridgehead atoms. The van der Waals surface area contributed by atoms with Gasteiger partial charge in [-0.3, -0.25) is 0 Å². The summed E-state index contributed by atoms with van der Waals surface area (Å²) in [6, 6.07) is 9.26. The molecule has 2 fully saturated rings. The Morgan fingerprint density at radius 1 is 1.19 bits per heavy atom. The fourth-order valence-corrected chi connectivity index (χ4v) is 3.84. The second-order valence-corrected chi connectivity index (χ2v) is 5.65. The summed E-state index contributed by atoms with van der Waals surface area (Å²) in [5.41, 5.74) is 9.60. The monoisotopic (exact) mass is 215 g/mol. The molecule has 2 aliphatic carbocycles. The number of benzene rings is 1. The SMILES string of the molecule is Cc1ccccc1C1(C2CCCC2)C[C@H]1N. The van der Waals surface area contributed by atoms with E-state index in [1.807, 2.05) is 0 Å². The molecule has 1 heteroatoms. The van der Waals surface area contributed by atoms with Crippen molar-refractivity contribution >= 4 is 0 Å². The molecule has 0 amide bonds.